The lowest BCUT2D eigenvalue weighted by atomic mass is 10.2. The number of amides is 1. The maximum Gasteiger partial charge on any atom is 0.305 e. The van der Waals surface area contributed by atoms with Gasteiger partial charge in [-0.1, -0.05) is 0 Å². The quantitative estimate of drug-likeness (QED) is 0.913. The summed E-state index contributed by atoms with van der Waals surface area (Å²) in [6, 6.07) is 1.95. The molecule has 1 aliphatic heterocycles. The normalized spacial score (nSPS) is 14.6. The standard InChI is InChI=1S/C11H9F2NO3S/c12-6-3-8-9(4-7(6)13)18-5-10(15)14(8)2-1-11(16)17/h3-4H,1-2,5H2,(H,16,17). The van der Waals surface area contributed by atoms with Crippen LogP contribution < -0.4 is 4.90 Å². The summed E-state index contributed by atoms with van der Waals surface area (Å²) >= 11 is 1.11. The molecule has 0 unspecified atom stereocenters. The van der Waals surface area contributed by atoms with Crippen molar-refractivity contribution >= 4 is 29.3 Å². The van der Waals surface area contributed by atoms with Gasteiger partial charge in [0, 0.05) is 17.5 Å². The van der Waals surface area contributed by atoms with Crippen LogP contribution in [0.25, 0.3) is 0 Å². The van der Waals surface area contributed by atoms with Gasteiger partial charge in [0.25, 0.3) is 0 Å². The Morgan fingerprint density at radius 3 is 2.72 bits per heavy atom. The first-order valence-corrected chi connectivity index (χ1v) is 6.11. The summed E-state index contributed by atoms with van der Waals surface area (Å²) in [5.74, 6) is -3.29. The molecule has 1 heterocycles. The molecule has 0 aromatic heterocycles. The summed E-state index contributed by atoms with van der Waals surface area (Å²) in [6.07, 6.45) is -0.241. The lowest BCUT2D eigenvalue weighted by molar-refractivity contribution is -0.136. The molecule has 0 radical (unpaired) electrons. The van der Waals surface area contributed by atoms with E-state index in [0.29, 0.717) is 4.90 Å². The predicted octanol–water partition coefficient (Wildman–Crippen LogP) is 1.88. The van der Waals surface area contributed by atoms with Gasteiger partial charge in [-0.2, -0.15) is 0 Å². The fourth-order valence-electron chi connectivity index (χ4n) is 1.65. The second kappa shape index (κ2) is 4.93. The van der Waals surface area contributed by atoms with Crippen LogP contribution in [0.15, 0.2) is 17.0 Å². The van der Waals surface area contributed by atoms with Crippen LogP contribution in [0, 0.1) is 11.6 Å². The Morgan fingerprint density at radius 1 is 1.39 bits per heavy atom. The molecular formula is C11H9F2NO3S. The first-order valence-electron chi connectivity index (χ1n) is 5.13. The highest BCUT2D eigenvalue weighted by Crippen LogP contribution is 2.36. The van der Waals surface area contributed by atoms with E-state index in [0.717, 1.165) is 23.9 Å². The first kappa shape index (κ1) is 12.8. The molecule has 0 spiro atoms. The van der Waals surface area contributed by atoms with Crippen molar-refractivity contribution < 1.29 is 23.5 Å². The fourth-order valence-corrected chi connectivity index (χ4v) is 2.59. The molecular weight excluding hydrogens is 264 g/mol. The Kier molecular flexibility index (Phi) is 3.51. The highest BCUT2D eigenvalue weighted by molar-refractivity contribution is 8.00. The van der Waals surface area contributed by atoms with Crippen molar-refractivity contribution in [1.82, 2.24) is 0 Å². The summed E-state index contributed by atoms with van der Waals surface area (Å²) in [5, 5.41) is 8.60. The lowest BCUT2D eigenvalue weighted by Crippen LogP contribution is -2.37. The smallest absolute Gasteiger partial charge is 0.305 e. The molecule has 18 heavy (non-hydrogen) atoms. The molecule has 0 bridgehead atoms. The number of rotatable bonds is 3. The fraction of sp³-hybridized carbons (Fsp3) is 0.273. The number of fused-ring (bicyclic) bond motifs is 1. The van der Waals surface area contributed by atoms with Gasteiger partial charge in [0.1, 0.15) is 0 Å². The third-order valence-electron chi connectivity index (χ3n) is 2.49. The van der Waals surface area contributed by atoms with Crippen LogP contribution >= 0.6 is 11.8 Å². The van der Waals surface area contributed by atoms with E-state index >= 15 is 0 Å². The van der Waals surface area contributed by atoms with Crippen LogP contribution in [0.2, 0.25) is 0 Å². The number of anilines is 1. The Morgan fingerprint density at radius 2 is 2.06 bits per heavy atom. The number of carboxylic acid groups (broad SMARTS) is 1. The maximum absolute atomic E-state index is 13.2. The zero-order valence-corrected chi connectivity index (χ0v) is 9.97. The largest absolute Gasteiger partial charge is 0.481 e. The summed E-state index contributed by atoms with van der Waals surface area (Å²) in [5.41, 5.74) is 0.233. The number of halogens is 2. The third-order valence-corrected chi connectivity index (χ3v) is 3.52. The number of hydrogen-bond acceptors (Lipinski definition) is 3. The highest BCUT2D eigenvalue weighted by atomic mass is 32.2. The van der Waals surface area contributed by atoms with Gasteiger partial charge in [-0.05, 0) is 6.07 Å². The van der Waals surface area contributed by atoms with E-state index in [1.54, 1.807) is 0 Å². The number of thioether (sulfide) groups is 1. The van der Waals surface area contributed by atoms with E-state index in [1.807, 2.05) is 0 Å². The molecule has 4 nitrogen and oxygen atoms in total. The van der Waals surface area contributed by atoms with Gasteiger partial charge >= 0.3 is 5.97 Å². The Hall–Kier alpha value is -1.63. The molecule has 0 fully saturated rings. The van der Waals surface area contributed by atoms with Crippen LogP contribution in [0.3, 0.4) is 0 Å². The van der Waals surface area contributed by atoms with Crippen molar-refractivity contribution in [1.29, 1.82) is 0 Å². The second-order valence-electron chi connectivity index (χ2n) is 3.71. The van der Waals surface area contributed by atoms with Gasteiger partial charge in [0.15, 0.2) is 11.6 Å². The van der Waals surface area contributed by atoms with Gasteiger partial charge in [0.05, 0.1) is 17.9 Å². The van der Waals surface area contributed by atoms with E-state index in [2.05, 4.69) is 0 Å². The number of nitrogens with zero attached hydrogens (tertiary/aromatic N) is 1. The van der Waals surface area contributed by atoms with E-state index in [1.165, 1.54) is 4.90 Å². The minimum absolute atomic E-state index is 0.0488. The molecule has 0 saturated carbocycles. The van der Waals surface area contributed by atoms with Crippen LogP contribution in [-0.4, -0.2) is 29.3 Å². The van der Waals surface area contributed by atoms with Crippen LogP contribution in [0.4, 0.5) is 14.5 Å². The zero-order chi connectivity index (χ0) is 13.3. The average molecular weight is 273 g/mol. The first-order chi connectivity index (χ1) is 8.49. The minimum atomic E-state index is -1.05. The molecule has 2 rings (SSSR count). The Bertz CT molecular complexity index is 521. The molecule has 1 aromatic rings. The highest BCUT2D eigenvalue weighted by Gasteiger charge is 2.26. The minimum Gasteiger partial charge on any atom is -0.481 e. The van der Waals surface area contributed by atoms with E-state index in [-0.39, 0.29) is 30.3 Å². The monoisotopic (exact) mass is 273 g/mol. The average Bonchev–Trinajstić information content (AvgIpc) is 2.30. The molecule has 0 atom stereocenters. The molecule has 1 aromatic carbocycles. The van der Waals surface area contributed by atoms with Crippen molar-refractivity contribution in [2.75, 3.05) is 17.2 Å². The Balaban J connectivity index is 2.34. The van der Waals surface area contributed by atoms with Crippen LogP contribution in [0.5, 0.6) is 0 Å². The summed E-state index contributed by atoms with van der Waals surface area (Å²) in [7, 11) is 0. The molecule has 7 heteroatoms. The number of aliphatic carboxylic acids is 1. The molecule has 1 amide bonds. The van der Waals surface area contributed by atoms with Gasteiger partial charge in [-0.15, -0.1) is 11.8 Å². The maximum atomic E-state index is 13.2. The molecule has 0 saturated heterocycles. The van der Waals surface area contributed by atoms with Gasteiger partial charge in [0.2, 0.25) is 5.91 Å². The van der Waals surface area contributed by atoms with Crippen molar-refractivity contribution in [3.8, 4) is 0 Å². The number of benzene rings is 1. The van der Waals surface area contributed by atoms with Crippen molar-refractivity contribution in [3.63, 3.8) is 0 Å². The predicted molar refractivity (Wildman–Crippen MR) is 61.7 cm³/mol. The number of carboxylic acids is 1. The summed E-state index contributed by atoms with van der Waals surface area (Å²) < 4.78 is 26.2. The molecule has 1 N–H and O–H groups in total. The van der Waals surface area contributed by atoms with E-state index < -0.39 is 17.6 Å². The second-order valence-corrected chi connectivity index (χ2v) is 4.73. The number of carbonyl (C=O) groups excluding carboxylic acids is 1. The van der Waals surface area contributed by atoms with Crippen molar-refractivity contribution in [2.24, 2.45) is 0 Å². The molecule has 0 aliphatic carbocycles. The zero-order valence-electron chi connectivity index (χ0n) is 9.15. The van der Waals surface area contributed by atoms with Gasteiger partial charge in [-0.25, -0.2) is 8.78 Å². The van der Waals surface area contributed by atoms with E-state index in [9.17, 15) is 18.4 Å². The van der Waals surface area contributed by atoms with Gasteiger partial charge < -0.3 is 10.0 Å². The summed E-state index contributed by atoms with van der Waals surface area (Å²) in [6.45, 7) is -0.0488. The topological polar surface area (TPSA) is 57.6 Å². The Labute approximate surface area is 106 Å². The van der Waals surface area contributed by atoms with Crippen molar-refractivity contribution in [2.45, 2.75) is 11.3 Å². The number of hydrogen-bond donors (Lipinski definition) is 1. The van der Waals surface area contributed by atoms with Crippen molar-refractivity contribution in [3.05, 3.63) is 23.8 Å². The molecule has 96 valence electrons. The SMILES string of the molecule is O=C(O)CCN1C(=O)CSc2cc(F)c(F)cc21. The van der Waals surface area contributed by atoms with Gasteiger partial charge in [-0.3, -0.25) is 9.59 Å². The molecule has 1 aliphatic rings. The lowest BCUT2D eigenvalue weighted by Gasteiger charge is -2.28. The van der Waals surface area contributed by atoms with Crippen LogP contribution in [-0.2, 0) is 9.59 Å². The summed E-state index contributed by atoms with van der Waals surface area (Å²) in [4.78, 5) is 23.8. The van der Waals surface area contributed by atoms with E-state index in [4.69, 9.17) is 5.11 Å². The third kappa shape index (κ3) is 2.45. The number of carbonyl (C=O) groups is 2. The van der Waals surface area contributed by atoms with Crippen LogP contribution in [0.1, 0.15) is 6.42 Å².